The lowest BCUT2D eigenvalue weighted by molar-refractivity contribution is -0.134. The molecule has 2 saturated carbocycles. The van der Waals surface area contributed by atoms with Crippen LogP contribution in [0.25, 0.3) is 0 Å². The van der Waals surface area contributed by atoms with E-state index < -0.39 is 11.9 Å². The summed E-state index contributed by atoms with van der Waals surface area (Å²) in [5, 5.41) is 20.1. The molecule has 2 fully saturated rings. The van der Waals surface area contributed by atoms with Crippen molar-refractivity contribution in [3.63, 3.8) is 0 Å². The summed E-state index contributed by atoms with van der Waals surface area (Å²) < 4.78 is 0. The molecule has 0 saturated heterocycles. The topological polar surface area (TPSA) is 74.6 Å². The van der Waals surface area contributed by atoms with E-state index in [0.717, 1.165) is 38.5 Å². The molecule has 164 valence electrons. The largest absolute Gasteiger partial charge is 0.477 e. The second-order valence-electron chi connectivity index (χ2n) is 10.4. The summed E-state index contributed by atoms with van der Waals surface area (Å²) >= 11 is 0. The molecule has 0 aromatic heterocycles. The average molecular weight is 405 g/mol. The fourth-order valence-electron chi connectivity index (χ4n) is 5.82. The molecule has 4 heteroatoms. The zero-order valence-electron chi connectivity index (χ0n) is 19.1. The first kappa shape index (κ1) is 23.7. The van der Waals surface area contributed by atoms with Gasteiger partial charge >= 0.3 is 11.9 Å². The third-order valence-corrected chi connectivity index (χ3v) is 7.52. The van der Waals surface area contributed by atoms with E-state index in [1.54, 1.807) is 0 Å². The lowest BCUT2D eigenvalue weighted by atomic mass is 9.66. The summed E-state index contributed by atoms with van der Waals surface area (Å²) in [6.07, 6.45) is 5.83. The maximum atomic E-state index is 12.3. The molecule has 2 aliphatic rings. The zero-order chi connectivity index (χ0) is 21.9. The molecule has 29 heavy (non-hydrogen) atoms. The smallest absolute Gasteiger partial charge is 0.339 e. The van der Waals surface area contributed by atoms with E-state index in [1.807, 2.05) is 0 Å². The van der Waals surface area contributed by atoms with Crippen LogP contribution in [0, 0.1) is 47.3 Å². The Morgan fingerprint density at radius 1 is 0.724 bits per heavy atom. The van der Waals surface area contributed by atoms with Gasteiger partial charge in [-0.3, -0.25) is 0 Å². The molecule has 0 heterocycles. The van der Waals surface area contributed by atoms with Crippen molar-refractivity contribution < 1.29 is 19.8 Å². The number of aliphatic carboxylic acids is 2. The predicted octanol–water partition coefficient (Wildman–Crippen LogP) is 6.02. The van der Waals surface area contributed by atoms with Gasteiger partial charge in [0.25, 0.3) is 0 Å². The molecule has 0 aromatic carbocycles. The van der Waals surface area contributed by atoms with Gasteiger partial charge < -0.3 is 10.2 Å². The van der Waals surface area contributed by atoms with Crippen LogP contribution in [-0.2, 0) is 9.59 Å². The molecule has 0 aromatic rings. The lowest BCUT2D eigenvalue weighted by Gasteiger charge is -2.38. The summed E-state index contributed by atoms with van der Waals surface area (Å²) in [6, 6.07) is 0. The van der Waals surface area contributed by atoms with Crippen LogP contribution >= 0.6 is 0 Å². The summed E-state index contributed by atoms with van der Waals surface area (Å²) in [5.41, 5.74) is 3.44. The van der Waals surface area contributed by atoms with Crippen molar-refractivity contribution >= 4 is 11.9 Å². The minimum Gasteiger partial charge on any atom is -0.477 e. The van der Waals surface area contributed by atoms with E-state index >= 15 is 0 Å². The molecule has 6 unspecified atom stereocenters. The van der Waals surface area contributed by atoms with Crippen molar-refractivity contribution in [3.05, 3.63) is 16.9 Å². The second-order valence-corrected chi connectivity index (χ2v) is 10.4. The average Bonchev–Trinajstić information content (AvgIpc) is 2.61. The third-order valence-electron chi connectivity index (χ3n) is 7.52. The molecule has 2 rings (SSSR count). The van der Waals surface area contributed by atoms with E-state index in [4.69, 9.17) is 0 Å². The van der Waals surface area contributed by atoms with Gasteiger partial charge in [0.15, 0.2) is 0 Å². The van der Waals surface area contributed by atoms with E-state index in [2.05, 4.69) is 47.3 Å². The van der Waals surface area contributed by atoms with Gasteiger partial charge in [-0.1, -0.05) is 60.1 Å². The predicted molar refractivity (Wildman–Crippen MR) is 115 cm³/mol. The summed E-state index contributed by atoms with van der Waals surface area (Å²) in [4.78, 5) is 24.6. The minimum atomic E-state index is -1.00. The number of carboxylic acid groups (broad SMARTS) is 2. The van der Waals surface area contributed by atoms with E-state index in [1.165, 1.54) is 0 Å². The first-order valence-corrected chi connectivity index (χ1v) is 11.5. The van der Waals surface area contributed by atoms with Crippen LogP contribution in [0.15, 0.2) is 16.9 Å². The maximum absolute atomic E-state index is 12.3. The molecule has 4 nitrogen and oxygen atoms in total. The minimum absolute atomic E-state index is 0.121. The molecular weight excluding hydrogens is 364 g/mol. The Balaban J connectivity index is 2.61. The zero-order valence-corrected chi connectivity index (χ0v) is 19.1. The maximum Gasteiger partial charge on any atom is 0.339 e. The Hall–Kier alpha value is -1.54. The van der Waals surface area contributed by atoms with Gasteiger partial charge in [-0.15, -0.1) is 0 Å². The quantitative estimate of drug-likeness (QED) is 0.419. The molecular formula is C25H40O4. The van der Waals surface area contributed by atoms with Crippen molar-refractivity contribution in [2.75, 3.05) is 0 Å². The monoisotopic (exact) mass is 404 g/mol. The van der Waals surface area contributed by atoms with E-state index in [9.17, 15) is 19.8 Å². The SMILES string of the molecule is CC1CCC(C(C)C)C(C(=C=C(C(=O)O)C2CC(C)CCC2C(C)C)C(=O)O)C1. The normalized spacial score (nSPS) is 32.7. The second kappa shape index (κ2) is 9.98. The Bertz CT molecular complexity index is 614. The Labute approximate surface area is 176 Å². The van der Waals surface area contributed by atoms with Crippen LogP contribution in [-0.4, -0.2) is 22.2 Å². The standard InChI is InChI=1S/C25H40O4/c1-14(2)18-9-7-16(5)11-20(18)22(24(26)27)13-23(25(28)29)21-12-17(6)8-10-19(21)15(3)4/h14-21H,7-12H2,1-6H3,(H,26,27)(H,28,29). The van der Waals surface area contributed by atoms with E-state index in [0.29, 0.717) is 23.7 Å². The van der Waals surface area contributed by atoms with Crippen molar-refractivity contribution in [1.82, 2.24) is 0 Å². The number of carbonyl (C=O) groups is 2. The van der Waals surface area contributed by atoms with Gasteiger partial charge in [0.05, 0.1) is 11.1 Å². The molecule has 0 bridgehead atoms. The van der Waals surface area contributed by atoms with Crippen LogP contribution < -0.4 is 0 Å². The Kier molecular flexibility index (Phi) is 8.17. The highest BCUT2D eigenvalue weighted by Gasteiger charge is 2.38. The lowest BCUT2D eigenvalue weighted by Crippen LogP contribution is -2.33. The molecule has 0 aliphatic heterocycles. The molecule has 0 amide bonds. The summed E-state index contributed by atoms with van der Waals surface area (Å²) in [6.45, 7) is 12.9. The fourth-order valence-corrected chi connectivity index (χ4v) is 5.82. The van der Waals surface area contributed by atoms with Crippen molar-refractivity contribution in [3.8, 4) is 0 Å². The molecule has 0 radical (unpaired) electrons. The molecule has 0 spiro atoms. The molecule has 2 aliphatic carbocycles. The van der Waals surface area contributed by atoms with Gasteiger partial charge in [0.2, 0.25) is 0 Å². The van der Waals surface area contributed by atoms with E-state index in [-0.39, 0.29) is 34.8 Å². The van der Waals surface area contributed by atoms with Gasteiger partial charge in [-0.05, 0) is 61.2 Å². The molecule has 6 atom stereocenters. The van der Waals surface area contributed by atoms with Crippen LogP contribution in [0.2, 0.25) is 0 Å². The van der Waals surface area contributed by atoms with Gasteiger partial charge in [0.1, 0.15) is 0 Å². The van der Waals surface area contributed by atoms with Crippen molar-refractivity contribution in [1.29, 1.82) is 0 Å². The fraction of sp³-hybridized carbons (Fsp3) is 0.800. The number of hydrogen-bond donors (Lipinski definition) is 2. The Morgan fingerprint density at radius 3 is 1.34 bits per heavy atom. The van der Waals surface area contributed by atoms with Crippen LogP contribution in [0.5, 0.6) is 0 Å². The van der Waals surface area contributed by atoms with Crippen molar-refractivity contribution in [2.24, 2.45) is 47.3 Å². The third kappa shape index (κ3) is 5.75. The van der Waals surface area contributed by atoms with Gasteiger partial charge in [0, 0.05) is 11.8 Å². The first-order chi connectivity index (χ1) is 13.5. The molecule has 2 N–H and O–H groups in total. The van der Waals surface area contributed by atoms with Crippen LogP contribution in [0.4, 0.5) is 0 Å². The Morgan fingerprint density at radius 2 is 1.07 bits per heavy atom. The van der Waals surface area contributed by atoms with Gasteiger partial charge in [-0.2, -0.15) is 0 Å². The first-order valence-electron chi connectivity index (χ1n) is 11.5. The van der Waals surface area contributed by atoms with Gasteiger partial charge in [-0.25, -0.2) is 9.59 Å². The van der Waals surface area contributed by atoms with Crippen LogP contribution in [0.1, 0.15) is 80.1 Å². The van der Waals surface area contributed by atoms with Crippen molar-refractivity contribution in [2.45, 2.75) is 80.1 Å². The van der Waals surface area contributed by atoms with Crippen LogP contribution in [0.3, 0.4) is 0 Å². The highest BCUT2D eigenvalue weighted by molar-refractivity contribution is 5.91. The number of carboxylic acids is 2. The summed E-state index contributed by atoms with van der Waals surface area (Å²) in [7, 11) is 0. The number of rotatable bonds is 6. The number of hydrogen-bond acceptors (Lipinski definition) is 2. The highest BCUT2D eigenvalue weighted by Crippen LogP contribution is 2.44. The highest BCUT2D eigenvalue weighted by atomic mass is 16.4. The summed E-state index contributed by atoms with van der Waals surface area (Å²) in [5.74, 6) is -0.0534.